The van der Waals surface area contributed by atoms with E-state index < -0.39 is 6.04 Å². The van der Waals surface area contributed by atoms with Gasteiger partial charge in [-0.25, -0.2) is 4.98 Å². The third-order valence-electron chi connectivity index (χ3n) is 5.59. The van der Waals surface area contributed by atoms with Crippen LogP contribution in [0.3, 0.4) is 0 Å². The van der Waals surface area contributed by atoms with Gasteiger partial charge in [-0.15, -0.1) is 22.9 Å². The number of hydrogen-bond acceptors (Lipinski definition) is 5. The van der Waals surface area contributed by atoms with Gasteiger partial charge in [0.15, 0.2) is 16.7 Å². The van der Waals surface area contributed by atoms with E-state index in [1.807, 2.05) is 29.6 Å². The van der Waals surface area contributed by atoms with Crippen LogP contribution in [0, 0.1) is 5.92 Å². The third-order valence-corrected chi connectivity index (χ3v) is 7.29. The van der Waals surface area contributed by atoms with Crippen LogP contribution >= 0.6 is 38.9 Å². The maximum absolute atomic E-state index is 13.5. The van der Waals surface area contributed by atoms with Gasteiger partial charge >= 0.3 is 0 Å². The largest absolute Gasteiger partial charge is 0.483 e. The van der Waals surface area contributed by atoms with Crippen LogP contribution in [0.5, 0.6) is 0 Å². The van der Waals surface area contributed by atoms with Crippen molar-refractivity contribution in [2.45, 2.75) is 36.8 Å². The summed E-state index contributed by atoms with van der Waals surface area (Å²) in [4.78, 5) is 32.7. The van der Waals surface area contributed by atoms with Crippen molar-refractivity contribution in [2.75, 3.05) is 4.90 Å². The topological polar surface area (TPSA) is 59.5 Å². The number of ether oxygens (including phenoxy) is 1. The molecule has 1 saturated carbocycles. The monoisotopic (exact) mass is 478 g/mol. The van der Waals surface area contributed by atoms with Gasteiger partial charge in [0, 0.05) is 21.4 Å². The fourth-order valence-corrected chi connectivity index (χ4v) is 5.56. The number of halogens is 2. The van der Waals surface area contributed by atoms with Crippen molar-refractivity contribution in [2.24, 2.45) is 5.92 Å². The number of anilines is 1. The molecule has 8 heteroatoms. The van der Waals surface area contributed by atoms with Crippen molar-refractivity contribution < 1.29 is 14.3 Å². The van der Waals surface area contributed by atoms with E-state index in [0.717, 1.165) is 16.5 Å². The third kappa shape index (κ3) is 2.83. The average Bonchev–Trinajstić information content (AvgIpc) is 3.30. The zero-order valence-electron chi connectivity index (χ0n) is 14.7. The Morgan fingerprint density at radius 1 is 1.21 bits per heavy atom. The van der Waals surface area contributed by atoms with Crippen molar-refractivity contribution in [3.8, 4) is 0 Å². The van der Waals surface area contributed by atoms with Gasteiger partial charge in [0.2, 0.25) is 0 Å². The van der Waals surface area contributed by atoms with Crippen molar-refractivity contribution >= 4 is 55.7 Å². The van der Waals surface area contributed by atoms with Gasteiger partial charge in [-0.1, -0.05) is 28.1 Å². The van der Waals surface area contributed by atoms with Crippen molar-refractivity contribution in [3.05, 3.63) is 57.2 Å². The molecule has 3 aliphatic rings. The summed E-state index contributed by atoms with van der Waals surface area (Å²) >= 11 is 11.2. The number of rotatable bonds is 2. The Labute approximate surface area is 179 Å². The van der Waals surface area contributed by atoms with Crippen LogP contribution in [-0.4, -0.2) is 28.2 Å². The van der Waals surface area contributed by atoms with Gasteiger partial charge in [-0.3, -0.25) is 14.5 Å². The summed E-state index contributed by atoms with van der Waals surface area (Å²) in [6.45, 7) is 0. The van der Waals surface area contributed by atoms with Gasteiger partial charge in [0.25, 0.3) is 5.91 Å². The first-order valence-corrected chi connectivity index (χ1v) is 11.2. The van der Waals surface area contributed by atoms with E-state index >= 15 is 0 Å². The highest BCUT2D eigenvalue weighted by atomic mass is 79.9. The molecule has 0 bridgehead atoms. The van der Waals surface area contributed by atoms with Gasteiger partial charge < -0.3 is 4.74 Å². The molecule has 0 radical (unpaired) electrons. The van der Waals surface area contributed by atoms with E-state index in [1.54, 1.807) is 11.1 Å². The number of carbonyl (C=O) groups excluding carboxylic acids is 2. The molecular formula is C20H16BrClN2O3S. The van der Waals surface area contributed by atoms with Gasteiger partial charge in [0.05, 0.1) is 17.5 Å². The van der Waals surface area contributed by atoms with Gasteiger partial charge in [0.1, 0.15) is 6.10 Å². The molecule has 5 rings (SSSR count). The number of benzene rings is 1. The number of carbonyl (C=O) groups is 2. The van der Waals surface area contributed by atoms with E-state index in [-0.39, 0.29) is 34.8 Å². The molecule has 0 N–H and O–H groups in total. The Morgan fingerprint density at radius 2 is 2.00 bits per heavy atom. The molecule has 1 amide bonds. The first kappa shape index (κ1) is 18.3. The fourth-order valence-electron chi connectivity index (χ4n) is 4.31. The maximum atomic E-state index is 13.5. The lowest BCUT2D eigenvalue weighted by atomic mass is 9.77. The Balaban J connectivity index is 1.64. The second kappa shape index (κ2) is 6.97. The second-order valence-corrected chi connectivity index (χ2v) is 9.63. The minimum Gasteiger partial charge on any atom is -0.483 e. The average molecular weight is 480 g/mol. The molecule has 1 aliphatic carbocycles. The highest BCUT2D eigenvalue weighted by Gasteiger charge is 2.53. The lowest BCUT2D eigenvalue weighted by molar-refractivity contribution is -0.131. The predicted octanol–water partition coefficient (Wildman–Crippen LogP) is 4.62. The van der Waals surface area contributed by atoms with Crippen LogP contribution in [0.15, 0.2) is 51.6 Å². The minimum atomic E-state index is -0.536. The Morgan fingerprint density at radius 3 is 2.71 bits per heavy atom. The van der Waals surface area contributed by atoms with Crippen molar-refractivity contribution in [3.63, 3.8) is 0 Å². The molecule has 4 unspecified atom stereocenters. The van der Waals surface area contributed by atoms with Gasteiger partial charge in [-0.05, 0) is 37.0 Å². The van der Waals surface area contributed by atoms with E-state index in [0.29, 0.717) is 23.5 Å². The molecule has 1 aromatic carbocycles. The normalized spacial score (nSPS) is 29.6. The number of amides is 1. The van der Waals surface area contributed by atoms with Crippen molar-refractivity contribution in [1.82, 2.24) is 4.98 Å². The predicted molar refractivity (Wildman–Crippen MR) is 110 cm³/mol. The molecular weight excluding hydrogens is 464 g/mol. The summed E-state index contributed by atoms with van der Waals surface area (Å²) in [7, 11) is 0. The highest BCUT2D eigenvalue weighted by molar-refractivity contribution is 9.10. The van der Waals surface area contributed by atoms with E-state index in [1.165, 1.54) is 11.3 Å². The number of ketones is 1. The SMILES string of the molecule is O=C1C2=C(OC3CCC(Cl)CC13)C(=O)N(c1nccs1)C2c1ccc(Br)cc1. The fraction of sp³-hybridized carbons (Fsp3) is 0.350. The number of alkyl halides is 1. The molecule has 1 aromatic heterocycles. The van der Waals surface area contributed by atoms with Crippen LogP contribution in [0.1, 0.15) is 30.9 Å². The summed E-state index contributed by atoms with van der Waals surface area (Å²) in [6.07, 6.45) is 3.45. The molecule has 144 valence electrons. The quantitative estimate of drug-likeness (QED) is 0.590. The Bertz CT molecular complexity index is 976. The molecule has 0 saturated heterocycles. The number of nitrogens with zero attached hydrogens (tertiary/aromatic N) is 2. The van der Waals surface area contributed by atoms with E-state index in [2.05, 4.69) is 20.9 Å². The maximum Gasteiger partial charge on any atom is 0.296 e. The van der Waals surface area contributed by atoms with Crippen LogP contribution < -0.4 is 4.90 Å². The summed E-state index contributed by atoms with van der Waals surface area (Å²) in [5, 5.41) is 2.34. The summed E-state index contributed by atoms with van der Waals surface area (Å²) < 4.78 is 7.06. The zero-order valence-corrected chi connectivity index (χ0v) is 17.8. The van der Waals surface area contributed by atoms with Crippen LogP contribution in [0.2, 0.25) is 0 Å². The molecule has 28 heavy (non-hydrogen) atoms. The van der Waals surface area contributed by atoms with Crippen molar-refractivity contribution in [1.29, 1.82) is 0 Å². The molecule has 4 atom stereocenters. The Kier molecular flexibility index (Phi) is 4.56. The van der Waals surface area contributed by atoms with Crippen LogP contribution in [0.4, 0.5) is 5.13 Å². The molecule has 0 spiro atoms. The number of fused-ring (bicyclic) bond motifs is 1. The summed E-state index contributed by atoms with van der Waals surface area (Å²) in [6, 6.07) is 7.12. The lowest BCUT2D eigenvalue weighted by Gasteiger charge is -2.37. The van der Waals surface area contributed by atoms with Gasteiger partial charge in [-0.2, -0.15) is 0 Å². The smallest absolute Gasteiger partial charge is 0.296 e. The molecule has 1 fully saturated rings. The number of Topliss-reactive ketones (excluding diaryl/α,β-unsaturated/α-hetero) is 1. The molecule has 2 aliphatic heterocycles. The molecule has 5 nitrogen and oxygen atoms in total. The van der Waals surface area contributed by atoms with E-state index in [4.69, 9.17) is 16.3 Å². The second-order valence-electron chi connectivity index (χ2n) is 7.22. The minimum absolute atomic E-state index is 0.0167. The molecule has 3 heterocycles. The van der Waals surface area contributed by atoms with Crippen LogP contribution in [0.25, 0.3) is 0 Å². The summed E-state index contributed by atoms with van der Waals surface area (Å²) in [5.41, 5.74) is 1.29. The standard InChI is InChI=1S/C20H16BrClN2O3S/c21-11-3-1-10(2-4-11)16-15-17(25)13-9-12(22)5-6-14(13)27-18(15)19(26)24(16)20-23-7-8-28-20/h1-4,7-8,12-14,16H,5-6,9H2. The number of hydrogen-bond donors (Lipinski definition) is 0. The first-order valence-electron chi connectivity index (χ1n) is 9.12. The first-order chi connectivity index (χ1) is 13.5. The van der Waals surface area contributed by atoms with E-state index in [9.17, 15) is 9.59 Å². The highest BCUT2D eigenvalue weighted by Crippen LogP contribution is 2.49. The lowest BCUT2D eigenvalue weighted by Crippen LogP contribution is -2.41. The number of thiazole rings is 1. The zero-order chi connectivity index (χ0) is 19.4. The summed E-state index contributed by atoms with van der Waals surface area (Å²) in [5.74, 6) is -0.422. The molecule has 2 aromatic rings. The van der Waals surface area contributed by atoms with Crippen LogP contribution in [-0.2, 0) is 14.3 Å². The number of aromatic nitrogens is 1. The Hall–Kier alpha value is -1.70.